The van der Waals surface area contributed by atoms with E-state index in [1.807, 2.05) is 20.8 Å². The maximum absolute atomic E-state index is 12.8. The largest absolute Gasteiger partial charge is 0.484 e. The molecule has 27 heavy (non-hydrogen) atoms. The van der Waals surface area contributed by atoms with Crippen molar-refractivity contribution in [2.75, 3.05) is 6.61 Å². The van der Waals surface area contributed by atoms with Crippen LogP contribution in [0.3, 0.4) is 0 Å². The molecule has 0 aromatic heterocycles. The number of ether oxygens (including phenoxy) is 1. The van der Waals surface area contributed by atoms with Crippen molar-refractivity contribution in [2.45, 2.75) is 39.5 Å². The normalized spacial score (nSPS) is 11.3. The molecule has 1 amide bonds. The van der Waals surface area contributed by atoms with Gasteiger partial charge in [-0.15, -0.1) is 4.83 Å². The van der Waals surface area contributed by atoms with Crippen LogP contribution < -0.4 is 15.0 Å². The molecule has 0 saturated heterocycles. The molecule has 0 unspecified atom stereocenters. The fourth-order valence-corrected chi connectivity index (χ4v) is 4.22. The molecule has 2 N–H and O–H groups in total. The third kappa shape index (κ3) is 4.64. The van der Waals surface area contributed by atoms with Gasteiger partial charge in [0, 0.05) is 0 Å². The van der Waals surface area contributed by atoms with Gasteiger partial charge in [-0.2, -0.15) is 0 Å². The van der Waals surface area contributed by atoms with Crippen LogP contribution in [0, 0.1) is 40.4 Å². The van der Waals surface area contributed by atoms with Crippen molar-refractivity contribution in [3.63, 3.8) is 0 Å². The number of rotatable bonds is 6. The Bertz CT molecular complexity index is 941. The van der Waals surface area contributed by atoms with Gasteiger partial charge in [0.1, 0.15) is 11.6 Å². The molecule has 6 nitrogen and oxygen atoms in total. The number of carbonyl (C=O) groups excluding carboxylic acids is 1. The number of benzene rings is 2. The van der Waals surface area contributed by atoms with Gasteiger partial charge < -0.3 is 4.74 Å². The van der Waals surface area contributed by atoms with Gasteiger partial charge in [0.2, 0.25) is 0 Å². The van der Waals surface area contributed by atoms with Crippen molar-refractivity contribution >= 4 is 15.9 Å². The lowest BCUT2D eigenvalue weighted by Gasteiger charge is -2.19. The molecule has 2 aromatic carbocycles. The third-order valence-electron chi connectivity index (χ3n) is 4.71. The summed E-state index contributed by atoms with van der Waals surface area (Å²) in [5, 5.41) is 0. The molecular weight excluding hydrogens is 371 g/mol. The summed E-state index contributed by atoms with van der Waals surface area (Å²) in [6, 6.07) is 5.14. The van der Waals surface area contributed by atoms with E-state index >= 15 is 0 Å². The van der Waals surface area contributed by atoms with Gasteiger partial charge in [0.05, 0.1) is 4.90 Å². The van der Waals surface area contributed by atoms with Crippen LogP contribution in [0.25, 0.3) is 0 Å². The number of hydrogen-bond donors (Lipinski definition) is 2. The molecule has 8 heteroatoms. The number of amides is 1. The Labute approximate surface area is 158 Å². The average molecular weight is 394 g/mol. The first-order chi connectivity index (χ1) is 12.5. The predicted octanol–water partition coefficient (Wildman–Crippen LogP) is 2.76. The molecule has 0 bridgehead atoms. The summed E-state index contributed by atoms with van der Waals surface area (Å²) in [7, 11) is -3.95. The first-order valence-corrected chi connectivity index (χ1v) is 9.79. The van der Waals surface area contributed by atoms with E-state index < -0.39 is 28.4 Å². The van der Waals surface area contributed by atoms with E-state index in [-0.39, 0.29) is 4.90 Å². The number of carbonyl (C=O) groups is 1. The van der Waals surface area contributed by atoms with E-state index in [9.17, 15) is 17.6 Å². The molecule has 0 saturated carbocycles. The summed E-state index contributed by atoms with van der Waals surface area (Å²) in [4.78, 5) is 14.1. The zero-order valence-corrected chi connectivity index (χ0v) is 16.8. The van der Waals surface area contributed by atoms with Crippen molar-refractivity contribution in [2.24, 2.45) is 0 Å². The maximum atomic E-state index is 12.8. The van der Waals surface area contributed by atoms with Crippen LogP contribution in [0.5, 0.6) is 5.75 Å². The van der Waals surface area contributed by atoms with Gasteiger partial charge in [-0.3, -0.25) is 10.2 Å². The molecule has 0 atom stereocenters. The van der Waals surface area contributed by atoms with Crippen molar-refractivity contribution < 1.29 is 22.3 Å². The van der Waals surface area contributed by atoms with Gasteiger partial charge in [0.15, 0.2) is 6.61 Å². The van der Waals surface area contributed by atoms with Gasteiger partial charge in [-0.1, -0.05) is 0 Å². The van der Waals surface area contributed by atoms with Gasteiger partial charge in [0.25, 0.3) is 15.9 Å². The SMILES string of the molecule is Cc1c(C)c(C)c(S(=O)(=O)NNC(=O)COc2ccc(F)cc2)c(C)c1C. The smallest absolute Gasteiger partial charge is 0.272 e. The number of nitrogens with one attached hydrogen (secondary N) is 2. The Kier molecular flexibility index (Phi) is 6.22. The fourth-order valence-electron chi connectivity index (χ4n) is 2.76. The molecular formula is C19H23FN2O4S. The van der Waals surface area contributed by atoms with E-state index in [0.717, 1.165) is 16.7 Å². The van der Waals surface area contributed by atoms with E-state index in [4.69, 9.17) is 4.74 Å². The zero-order valence-electron chi connectivity index (χ0n) is 15.9. The molecule has 0 spiro atoms. The second-order valence-corrected chi connectivity index (χ2v) is 7.97. The van der Waals surface area contributed by atoms with E-state index in [2.05, 4.69) is 10.3 Å². The highest BCUT2D eigenvalue weighted by Crippen LogP contribution is 2.29. The molecule has 2 aromatic rings. The molecule has 0 fully saturated rings. The molecule has 0 heterocycles. The number of hydrazine groups is 1. The van der Waals surface area contributed by atoms with Gasteiger partial charge in [-0.25, -0.2) is 12.8 Å². The van der Waals surface area contributed by atoms with Crippen LogP contribution >= 0.6 is 0 Å². The number of halogens is 1. The Morgan fingerprint density at radius 3 is 1.93 bits per heavy atom. The first-order valence-electron chi connectivity index (χ1n) is 8.30. The number of hydrogen-bond acceptors (Lipinski definition) is 4. The fraction of sp³-hybridized carbons (Fsp3) is 0.316. The minimum Gasteiger partial charge on any atom is -0.484 e. The summed E-state index contributed by atoms with van der Waals surface area (Å²) < 4.78 is 43.4. The highest BCUT2D eigenvalue weighted by molar-refractivity contribution is 7.89. The topological polar surface area (TPSA) is 84.5 Å². The van der Waals surface area contributed by atoms with Crippen LogP contribution in [0.1, 0.15) is 27.8 Å². The summed E-state index contributed by atoms with van der Waals surface area (Å²) >= 11 is 0. The minimum atomic E-state index is -3.95. The monoisotopic (exact) mass is 394 g/mol. The van der Waals surface area contributed by atoms with Crippen molar-refractivity contribution in [1.82, 2.24) is 10.3 Å². The highest BCUT2D eigenvalue weighted by atomic mass is 32.2. The molecule has 2 rings (SSSR count). The van der Waals surface area contributed by atoms with Crippen LogP contribution in [0.15, 0.2) is 29.2 Å². The van der Waals surface area contributed by atoms with E-state index in [0.29, 0.717) is 16.9 Å². The Hall–Kier alpha value is -2.45. The standard InChI is InChI=1S/C19H23FN2O4S/c1-11-12(2)14(4)19(15(5)13(11)3)27(24,25)22-21-18(23)10-26-17-8-6-16(20)7-9-17/h6-9,22H,10H2,1-5H3,(H,21,23). The van der Waals surface area contributed by atoms with Crippen LogP contribution in [0.2, 0.25) is 0 Å². The zero-order chi connectivity index (χ0) is 20.4. The highest BCUT2D eigenvalue weighted by Gasteiger charge is 2.24. The Morgan fingerprint density at radius 1 is 0.926 bits per heavy atom. The molecule has 0 aliphatic heterocycles. The summed E-state index contributed by atoms with van der Waals surface area (Å²) in [5.41, 5.74) is 6.24. The average Bonchev–Trinajstić information content (AvgIpc) is 2.62. The first kappa shape index (κ1) is 20.9. The molecule has 0 aliphatic rings. The van der Waals surface area contributed by atoms with Crippen molar-refractivity contribution in [3.8, 4) is 5.75 Å². The lowest BCUT2D eigenvalue weighted by molar-refractivity contribution is -0.123. The van der Waals surface area contributed by atoms with E-state index in [1.54, 1.807) is 13.8 Å². The second kappa shape index (κ2) is 8.06. The summed E-state index contributed by atoms with van der Waals surface area (Å²) in [6.07, 6.45) is 0. The quantitative estimate of drug-likeness (QED) is 0.738. The lowest BCUT2D eigenvalue weighted by atomic mass is 9.95. The van der Waals surface area contributed by atoms with E-state index in [1.165, 1.54) is 24.3 Å². The molecule has 0 aliphatic carbocycles. The molecule has 0 radical (unpaired) electrons. The van der Waals surface area contributed by atoms with Crippen molar-refractivity contribution in [3.05, 3.63) is 57.9 Å². The maximum Gasteiger partial charge on any atom is 0.272 e. The van der Waals surface area contributed by atoms with Gasteiger partial charge >= 0.3 is 0 Å². The van der Waals surface area contributed by atoms with Crippen LogP contribution in [-0.4, -0.2) is 20.9 Å². The Balaban J connectivity index is 2.09. The summed E-state index contributed by atoms with van der Waals surface area (Å²) in [5.74, 6) is -0.807. The lowest BCUT2D eigenvalue weighted by Crippen LogP contribution is -2.44. The second-order valence-electron chi connectivity index (χ2n) is 6.35. The predicted molar refractivity (Wildman–Crippen MR) is 100 cm³/mol. The van der Waals surface area contributed by atoms with Crippen LogP contribution in [0.4, 0.5) is 4.39 Å². The third-order valence-corrected chi connectivity index (χ3v) is 6.23. The number of sulfonamides is 1. The van der Waals surface area contributed by atoms with Gasteiger partial charge in [-0.05, 0) is 86.7 Å². The van der Waals surface area contributed by atoms with Crippen LogP contribution in [-0.2, 0) is 14.8 Å². The van der Waals surface area contributed by atoms with Crippen molar-refractivity contribution in [1.29, 1.82) is 0 Å². The minimum absolute atomic E-state index is 0.155. The summed E-state index contributed by atoms with van der Waals surface area (Å²) in [6.45, 7) is 8.74. The molecule has 146 valence electrons. The Morgan fingerprint density at radius 2 is 1.41 bits per heavy atom.